The first-order valence-electron chi connectivity index (χ1n) is 13.9. The number of alkyl halides is 3. The number of piperazine rings is 1. The molecule has 0 spiro atoms. The summed E-state index contributed by atoms with van der Waals surface area (Å²) in [4.78, 5) is 18.4. The van der Waals surface area contributed by atoms with Crippen molar-refractivity contribution in [3.05, 3.63) is 94.4 Å². The first-order chi connectivity index (χ1) is 21.5. The second-order valence-corrected chi connectivity index (χ2v) is 10.5. The van der Waals surface area contributed by atoms with E-state index in [2.05, 4.69) is 19.5 Å². The monoisotopic (exact) mass is 647 g/mol. The molecule has 15 heteroatoms. The lowest BCUT2D eigenvalue weighted by atomic mass is 10.2. The molecule has 45 heavy (non-hydrogen) atoms. The van der Waals surface area contributed by atoms with Gasteiger partial charge in [-0.3, -0.25) is 4.57 Å². The lowest BCUT2D eigenvalue weighted by Crippen LogP contribution is -2.46. The molecule has 0 saturated carbocycles. The number of aromatic nitrogens is 2. The number of aryl methyl sites for hydroxylation is 1. The van der Waals surface area contributed by atoms with Crippen LogP contribution in [0.25, 0.3) is 0 Å². The number of hydrogen-bond acceptors (Lipinski definition) is 9. The maximum absolute atomic E-state index is 12.3. The minimum absolute atomic E-state index is 0.0115. The molecule has 1 aliphatic rings. The van der Waals surface area contributed by atoms with E-state index in [-0.39, 0.29) is 36.4 Å². The first kappa shape index (κ1) is 31.7. The topological polar surface area (TPSA) is 115 Å². The standard InChI is InChI=1S/C30H29ClF3N5O6/c31-29-35-28(39(41)42)19-38(29)14-13-23(40)20-43-24-5-1-21(2-6-24)36-15-17-37(18-16-36)22-3-7-25(8-4-22)44-26-9-11-27(12-10-26)45-30(32,33)34/h1-12,19,23,40H,13-18,20H2/t23-/m1/s1. The van der Waals surface area contributed by atoms with Crippen LogP contribution in [0, 0.1) is 10.1 Å². The van der Waals surface area contributed by atoms with Gasteiger partial charge in [-0.05, 0) is 101 Å². The van der Waals surface area contributed by atoms with Crippen molar-refractivity contribution in [3.63, 3.8) is 0 Å². The van der Waals surface area contributed by atoms with Gasteiger partial charge >= 0.3 is 17.5 Å². The molecule has 1 atom stereocenters. The van der Waals surface area contributed by atoms with Crippen LogP contribution in [0.5, 0.6) is 23.0 Å². The first-order valence-corrected chi connectivity index (χ1v) is 14.3. The number of aliphatic hydroxyl groups is 1. The second kappa shape index (κ2) is 13.9. The summed E-state index contributed by atoms with van der Waals surface area (Å²) in [5.74, 6) is 0.908. The molecule has 0 aliphatic carbocycles. The van der Waals surface area contributed by atoms with E-state index < -0.39 is 17.4 Å². The molecule has 0 amide bonds. The highest BCUT2D eigenvalue weighted by Gasteiger charge is 2.31. The van der Waals surface area contributed by atoms with E-state index in [4.69, 9.17) is 21.1 Å². The normalized spacial score (nSPS) is 14.2. The number of nitrogens with zero attached hydrogens (tertiary/aromatic N) is 5. The van der Waals surface area contributed by atoms with Crippen molar-refractivity contribution in [1.82, 2.24) is 9.55 Å². The molecule has 1 aliphatic heterocycles. The Bertz CT molecular complexity index is 1560. The maximum atomic E-state index is 12.3. The van der Waals surface area contributed by atoms with Gasteiger partial charge in [0.2, 0.25) is 0 Å². The number of hydrogen-bond donors (Lipinski definition) is 1. The van der Waals surface area contributed by atoms with E-state index in [9.17, 15) is 28.4 Å². The molecule has 4 aromatic rings. The van der Waals surface area contributed by atoms with Crippen LogP contribution in [-0.4, -0.2) is 64.8 Å². The lowest BCUT2D eigenvalue weighted by molar-refractivity contribution is -0.389. The Morgan fingerprint density at radius 3 is 1.84 bits per heavy atom. The summed E-state index contributed by atoms with van der Waals surface area (Å²) in [6.07, 6.45) is -4.03. The van der Waals surface area contributed by atoms with Gasteiger partial charge in [-0.15, -0.1) is 13.2 Å². The predicted molar refractivity (Wildman–Crippen MR) is 161 cm³/mol. The molecule has 2 heterocycles. The van der Waals surface area contributed by atoms with Crippen molar-refractivity contribution in [2.45, 2.75) is 25.4 Å². The highest BCUT2D eigenvalue weighted by atomic mass is 35.5. The zero-order valence-electron chi connectivity index (χ0n) is 23.8. The number of ether oxygens (including phenoxy) is 3. The maximum Gasteiger partial charge on any atom is 0.573 e. The fourth-order valence-electron chi connectivity index (χ4n) is 4.74. The van der Waals surface area contributed by atoms with Crippen molar-refractivity contribution >= 4 is 28.8 Å². The second-order valence-electron chi connectivity index (χ2n) is 10.2. The Morgan fingerprint density at radius 2 is 1.36 bits per heavy atom. The Balaban J connectivity index is 1.04. The van der Waals surface area contributed by atoms with Gasteiger partial charge in [0.25, 0.3) is 0 Å². The summed E-state index contributed by atoms with van der Waals surface area (Å²) in [6, 6.07) is 20.4. The van der Waals surface area contributed by atoms with Crippen molar-refractivity contribution in [2.24, 2.45) is 0 Å². The van der Waals surface area contributed by atoms with E-state index in [0.29, 0.717) is 17.2 Å². The molecule has 1 saturated heterocycles. The summed E-state index contributed by atoms with van der Waals surface area (Å²) >= 11 is 5.91. The van der Waals surface area contributed by atoms with Crippen molar-refractivity contribution < 1.29 is 37.4 Å². The molecule has 1 aromatic heterocycles. The molecule has 0 radical (unpaired) electrons. The third-order valence-corrected chi connectivity index (χ3v) is 7.33. The van der Waals surface area contributed by atoms with Gasteiger partial charge in [-0.1, -0.05) is 0 Å². The van der Waals surface area contributed by atoms with Gasteiger partial charge in [0.05, 0.1) is 6.10 Å². The Hall–Kier alpha value is -4.69. The number of halogens is 4. The van der Waals surface area contributed by atoms with Crippen molar-refractivity contribution in [1.29, 1.82) is 0 Å². The number of rotatable bonds is 12. The minimum Gasteiger partial charge on any atom is -0.491 e. The van der Waals surface area contributed by atoms with Crippen LogP contribution in [0.15, 0.2) is 79.0 Å². The van der Waals surface area contributed by atoms with E-state index in [1.807, 2.05) is 48.5 Å². The molecule has 1 N–H and O–H groups in total. The SMILES string of the molecule is O=[N+]([O-])c1cn(CC[C@@H](O)COc2ccc(N3CCN(c4ccc(Oc5ccc(OC(F)(F)F)cc5)cc4)CC3)cc2)c(Cl)n1. The summed E-state index contributed by atoms with van der Waals surface area (Å²) < 4.78 is 53.8. The third kappa shape index (κ3) is 8.92. The highest BCUT2D eigenvalue weighted by Crippen LogP contribution is 2.29. The summed E-state index contributed by atoms with van der Waals surface area (Å²) in [5, 5.41) is 21.1. The van der Waals surface area contributed by atoms with Crippen LogP contribution >= 0.6 is 11.6 Å². The molecule has 3 aromatic carbocycles. The lowest BCUT2D eigenvalue weighted by Gasteiger charge is -2.37. The zero-order valence-corrected chi connectivity index (χ0v) is 24.5. The number of aliphatic hydroxyl groups excluding tert-OH is 1. The predicted octanol–water partition coefficient (Wildman–Crippen LogP) is 6.29. The Labute approximate surface area is 261 Å². The van der Waals surface area contributed by atoms with Gasteiger partial charge < -0.3 is 39.2 Å². The number of imidazole rings is 1. The Morgan fingerprint density at radius 1 is 0.867 bits per heavy atom. The molecular weight excluding hydrogens is 619 g/mol. The van der Waals surface area contributed by atoms with Gasteiger partial charge in [-0.25, -0.2) is 0 Å². The largest absolute Gasteiger partial charge is 0.573 e. The molecule has 1 fully saturated rings. The minimum atomic E-state index is -4.74. The summed E-state index contributed by atoms with van der Waals surface area (Å²) in [5.41, 5.74) is 2.08. The van der Waals surface area contributed by atoms with Gasteiger partial charge in [0.15, 0.2) is 0 Å². The highest BCUT2D eigenvalue weighted by molar-refractivity contribution is 6.28. The molecule has 11 nitrogen and oxygen atoms in total. The third-order valence-electron chi connectivity index (χ3n) is 7.02. The molecule has 238 valence electrons. The van der Waals surface area contributed by atoms with E-state index in [0.717, 1.165) is 37.6 Å². The quantitative estimate of drug-likeness (QED) is 0.140. The van der Waals surface area contributed by atoms with Crippen LogP contribution in [-0.2, 0) is 6.54 Å². The van der Waals surface area contributed by atoms with Gasteiger partial charge in [-0.2, -0.15) is 0 Å². The number of anilines is 2. The molecular formula is C30H29ClF3N5O6. The van der Waals surface area contributed by atoms with E-state index >= 15 is 0 Å². The van der Waals surface area contributed by atoms with Crippen LogP contribution < -0.4 is 24.0 Å². The summed E-state index contributed by atoms with van der Waals surface area (Å²) in [6.45, 7) is 3.52. The van der Waals surface area contributed by atoms with Crippen molar-refractivity contribution in [2.75, 3.05) is 42.6 Å². The average Bonchev–Trinajstić information content (AvgIpc) is 3.40. The van der Waals surface area contributed by atoms with Crippen LogP contribution in [0.3, 0.4) is 0 Å². The molecule has 0 bridgehead atoms. The van der Waals surface area contributed by atoms with Crippen LogP contribution in [0.2, 0.25) is 5.28 Å². The van der Waals surface area contributed by atoms with Crippen LogP contribution in [0.1, 0.15) is 6.42 Å². The fraction of sp³-hybridized carbons (Fsp3) is 0.300. The smallest absolute Gasteiger partial charge is 0.491 e. The van der Waals surface area contributed by atoms with E-state index in [1.54, 1.807) is 0 Å². The molecule has 5 rings (SSSR count). The fourth-order valence-corrected chi connectivity index (χ4v) is 4.96. The number of nitro groups is 1. The zero-order chi connectivity index (χ0) is 32.0. The van der Waals surface area contributed by atoms with Crippen molar-refractivity contribution in [3.8, 4) is 23.0 Å². The van der Waals surface area contributed by atoms with Gasteiger partial charge in [0.1, 0.15) is 35.8 Å². The van der Waals surface area contributed by atoms with Gasteiger partial charge in [0, 0.05) is 44.1 Å². The van der Waals surface area contributed by atoms with E-state index in [1.165, 1.54) is 35.0 Å². The number of benzene rings is 3. The Kier molecular flexibility index (Phi) is 9.83. The average molecular weight is 648 g/mol. The molecule has 0 unspecified atom stereocenters. The summed E-state index contributed by atoms with van der Waals surface area (Å²) in [7, 11) is 0. The van der Waals surface area contributed by atoms with Crippen LogP contribution in [0.4, 0.5) is 30.4 Å².